The molecule has 1 unspecified atom stereocenters. The summed E-state index contributed by atoms with van der Waals surface area (Å²) in [5, 5.41) is 0. The van der Waals surface area contributed by atoms with Crippen molar-refractivity contribution in [2.24, 2.45) is 5.92 Å². The van der Waals surface area contributed by atoms with Gasteiger partial charge in [0.1, 0.15) is 17.0 Å². The molecule has 3 atom stereocenters. The average Bonchev–Trinajstić information content (AvgIpc) is 2.86. The Hall–Kier alpha value is -1.04. The van der Waals surface area contributed by atoms with Crippen LogP contribution in [0.4, 0.5) is 8.78 Å². The van der Waals surface area contributed by atoms with E-state index in [4.69, 9.17) is 9.57 Å². The Bertz CT molecular complexity index is 489. The van der Waals surface area contributed by atoms with Crippen molar-refractivity contribution in [2.45, 2.75) is 31.2 Å². The van der Waals surface area contributed by atoms with Crippen LogP contribution in [0.1, 0.15) is 19.4 Å². The highest BCUT2D eigenvalue weighted by Gasteiger charge is 2.59. The maximum atomic E-state index is 14.2. The minimum Gasteiger partial charge on any atom is -0.372 e. The number of alkyl halides is 1. The fraction of sp³-hybridized carbons (Fsp3) is 0.571. The van der Waals surface area contributed by atoms with Gasteiger partial charge in [-0.25, -0.2) is 8.78 Å². The Morgan fingerprint density at radius 3 is 2.79 bits per heavy atom. The first kappa shape index (κ1) is 13.0. The second-order valence-electron chi connectivity index (χ2n) is 5.77. The minimum absolute atomic E-state index is 0.205. The van der Waals surface area contributed by atoms with Crippen molar-refractivity contribution < 1.29 is 18.4 Å². The predicted octanol–water partition coefficient (Wildman–Crippen LogP) is 2.32. The summed E-state index contributed by atoms with van der Waals surface area (Å²) in [4.78, 5) is 5.29. The number of ether oxygens (including phenoxy) is 1. The first-order valence-corrected chi connectivity index (χ1v) is 6.39. The third kappa shape index (κ3) is 1.88. The van der Waals surface area contributed by atoms with Gasteiger partial charge >= 0.3 is 0 Å². The zero-order valence-electron chi connectivity index (χ0n) is 11.0. The third-order valence-electron chi connectivity index (χ3n) is 4.04. The maximum absolute atomic E-state index is 14.2. The van der Waals surface area contributed by atoms with Gasteiger partial charge in [-0.05, 0) is 19.9 Å². The summed E-state index contributed by atoms with van der Waals surface area (Å²) in [5.41, 5.74) is 1.05. The van der Waals surface area contributed by atoms with Gasteiger partial charge in [-0.3, -0.25) is 0 Å². The molecule has 2 aliphatic heterocycles. The highest BCUT2D eigenvalue weighted by Crippen LogP contribution is 2.47. The molecule has 0 saturated carbocycles. The van der Waals surface area contributed by atoms with Crippen LogP contribution in [0.25, 0.3) is 0 Å². The SMILES string of the molecule is CC(C)(F)C1OC[C@]2(c3ccccc3F)NOC[C@H]12. The molecule has 2 aliphatic rings. The highest BCUT2D eigenvalue weighted by molar-refractivity contribution is 5.30. The molecule has 0 radical (unpaired) electrons. The minimum atomic E-state index is -1.49. The van der Waals surface area contributed by atoms with E-state index in [2.05, 4.69) is 5.48 Å². The van der Waals surface area contributed by atoms with Crippen LogP contribution in [0.3, 0.4) is 0 Å². The van der Waals surface area contributed by atoms with E-state index in [0.717, 1.165) is 0 Å². The van der Waals surface area contributed by atoms with Crippen molar-refractivity contribution >= 4 is 0 Å². The molecule has 1 N–H and O–H groups in total. The molecule has 1 aromatic rings. The van der Waals surface area contributed by atoms with E-state index < -0.39 is 17.3 Å². The van der Waals surface area contributed by atoms with Crippen LogP contribution in [0.15, 0.2) is 24.3 Å². The van der Waals surface area contributed by atoms with Crippen molar-refractivity contribution in [1.29, 1.82) is 0 Å². The molecule has 0 aromatic heterocycles. The standard InChI is InChI=1S/C14H17F2NO2/c1-13(2,16)12-10-7-19-17-14(10,8-18-12)9-5-3-4-6-11(9)15/h3-6,10,12,17H,7-8H2,1-2H3/t10-,12?,14-/m1/s1. The largest absolute Gasteiger partial charge is 0.372 e. The van der Waals surface area contributed by atoms with E-state index in [1.807, 2.05) is 0 Å². The molecular weight excluding hydrogens is 252 g/mol. The highest BCUT2D eigenvalue weighted by atomic mass is 19.1. The molecule has 5 heteroatoms. The monoisotopic (exact) mass is 269 g/mol. The second kappa shape index (κ2) is 4.23. The van der Waals surface area contributed by atoms with Crippen LogP contribution in [0, 0.1) is 11.7 Å². The predicted molar refractivity (Wildman–Crippen MR) is 65.6 cm³/mol. The van der Waals surface area contributed by atoms with Crippen molar-refractivity contribution in [3.8, 4) is 0 Å². The Labute approximate surface area is 110 Å². The van der Waals surface area contributed by atoms with Crippen molar-refractivity contribution in [2.75, 3.05) is 13.2 Å². The number of hydrogen-bond donors (Lipinski definition) is 1. The molecule has 3 nitrogen and oxygen atoms in total. The fourth-order valence-corrected chi connectivity index (χ4v) is 3.13. The first-order chi connectivity index (χ1) is 8.95. The van der Waals surface area contributed by atoms with Gasteiger partial charge in [0, 0.05) is 11.5 Å². The van der Waals surface area contributed by atoms with Crippen LogP contribution in [-0.4, -0.2) is 25.0 Å². The molecule has 0 spiro atoms. The van der Waals surface area contributed by atoms with E-state index >= 15 is 0 Å². The topological polar surface area (TPSA) is 30.5 Å². The second-order valence-corrected chi connectivity index (χ2v) is 5.77. The number of hydrogen-bond acceptors (Lipinski definition) is 3. The van der Waals surface area contributed by atoms with Gasteiger partial charge in [-0.2, -0.15) is 5.48 Å². The molecule has 1 aromatic carbocycles. The van der Waals surface area contributed by atoms with Gasteiger partial charge in [0.25, 0.3) is 0 Å². The zero-order chi connectivity index (χ0) is 13.7. The van der Waals surface area contributed by atoms with E-state index in [1.165, 1.54) is 19.9 Å². The van der Waals surface area contributed by atoms with Crippen LogP contribution in [0.2, 0.25) is 0 Å². The summed E-state index contributed by atoms with van der Waals surface area (Å²) in [7, 11) is 0. The molecule has 104 valence electrons. The number of fused-ring (bicyclic) bond motifs is 1. The number of rotatable bonds is 2. The molecule has 2 heterocycles. The Balaban J connectivity index is 2.03. The van der Waals surface area contributed by atoms with Crippen molar-refractivity contribution in [3.63, 3.8) is 0 Å². The Morgan fingerprint density at radius 2 is 2.11 bits per heavy atom. The summed E-state index contributed by atoms with van der Waals surface area (Å²) < 4.78 is 33.9. The lowest BCUT2D eigenvalue weighted by Gasteiger charge is -2.30. The third-order valence-corrected chi connectivity index (χ3v) is 4.04. The summed E-state index contributed by atoms with van der Waals surface area (Å²) in [6, 6.07) is 6.49. The van der Waals surface area contributed by atoms with E-state index in [1.54, 1.807) is 18.2 Å². The fourth-order valence-electron chi connectivity index (χ4n) is 3.13. The molecule has 3 rings (SSSR count). The molecule has 0 bridgehead atoms. The smallest absolute Gasteiger partial charge is 0.131 e. The van der Waals surface area contributed by atoms with Crippen LogP contribution in [0.5, 0.6) is 0 Å². The number of halogens is 2. The van der Waals surface area contributed by atoms with Gasteiger partial charge in [-0.15, -0.1) is 0 Å². The van der Waals surface area contributed by atoms with Crippen LogP contribution < -0.4 is 5.48 Å². The maximum Gasteiger partial charge on any atom is 0.131 e. The summed E-state index contributed by atoms with van der Waals surface area (Å²) in [5.74, 6) is -0.573. The molecule has 2 saturated heterocycles. The summed E-state index contributed by atoms with van der Waals surface area (Å²) >= 11 is 0. The Kier molecular flexibility index (Phi) is 2.89. The van der Waals surface area contributed by atoms with Crippen LogP contribution in [-0.2, 0) is 15.1 Å². The molecule has 0 aliphatic carbocycles. The van der Waals surface area contributed by atoms with Crippen LogP contribution >= 0.6 is 0 Å². The van der Waals surface area contributed by atoms with Crippen molar-refractivity contribution in [1.82, 2.24) is 5.48 Å². The number of hydroxylamine groups is 1. The van der Waals surface area contributed by atoms with Gasteiger partial charge in [0.2, 0.25) is 0 Å². The molecular formula is C14H17F2NO2. The molecule has 19 heavy (non-hydrogen) atoms. The Morgan fingerprint density at radius 1 is 1.37 bits per heavy atom. The van der Waals surface area contributed by atoms with Gasteiger partial charge in [0.05, 0.1) is 19.3 Å². The molecule has 0 amide bonds. The number of nitrogens with one attached hydrogen (secondary N) is 1. The van der Waals surface area contributed by atoms with E-state index in [9.17, 15) is 8.78 Å². The van der Waals surface area contributed by atoms with Gasteiger partial charge in [0.15, 0.2) is 0 Å². The van der Waals surface area contributed by atoms with E-state index in [-0.39, 0.29) is 18.3 Å². The molecule has 2 fully saturated rings. The summed E-state index contributed by atoms with van der Waals surface area (Å²) in [6.07, 6.45) is -0.609. The van der Waals surface area contributed by atoms with Gasteiger partial charge < -0.3 is 9.57 Å². The van der Waals surface area contributed by atoms with Gasteiger partial charge in [-0.1, -0.05) is 18.2 Å². The van der Waals surface area contributed by atoms with E-state index in [0.29, 0.717) is 12.2 Å². The lowest BCUT2D eigenvalue weighted by atomic mass is 9.76. The lowest BCUT2D eigenvalue weighted by Crippen LogP contribution is -2.46. The summed E-state index contributed by atoms with van der Waals surface area (Å²) in [6.45, 7) is 3.48. The average molecular weight is 269 g/mol. The van der Waals surface area contributed by atoms with Crippen molar-refractivity contribution in [3.05, 3.63) is 35.6 Å². The number of benzene rings is 1. The lowest BCUT2D eigenvalue weighted by molar-refractivity contribution is -0.0504. The zero-order valence-corrected chi connectivity index (χ0v) is 11.0. The first-order valence-electron chi connectivity index (χ1n) is 6.39. The quantitative estimate of drug-likeness (QED) is 0.893. The normalized spacial score (nSPS) is 34.5.